The maximum absolute atomic E-state index is 11.6. The number of nitrogens with two attached hydrogens (primary N) is 1. The number of fused-ring (bicyclic) bond motifs is 3. The molecule has 0 bridgehead atoms. The third kappa shape index (κ3) is 2.21. The van der Waals surface area contributed by atoms with E-state index in [4.69, 9.17) is 5.73 Å². The standard InChI is InChI=1S/C18H15N3O2/c19-18(23)15-4-2-1-3-13(15)10-5-6-14-11(7-10)8-12-9-16(22)20-21-17(12)14/h1-7,12H,8-9H2,(H2,19,23)(H,20,22). The number of hydrazone groups is 1. The van der Waals surface area contributed by atoms with Crippen LogP contribution in [0.25, 0.3) is 11.1 Å². The van der Waals surface area contributed by atoms with E-state index in [9.17, 15) is 9.59 Å². The van der Waals surface area contributed by atoms with Gasteiger partial charge in [-0.1, -0.05) is 36.4 Å². The molecule has 114 valence electrons. The fourth-order valence-corrected chi connectivity index (χ4v) is 3.42. The Labute approximate surface area is 133 Å². The average Bonchev–Trinajstić information content (AvgIpc) is 2.91. The predicted octanol–water partition coefficient (Wildman–Crippen LogP) is 1.85. The van der Waals surface area contributed by atoms with Crippen molar-refractivity contribution in [2.75, 3.05) is 0 Å². The van der Waals surface area contributed by atoms with Gasteiger partial charge < -0.3 is 5.73 Å². The van der Waals surface area contributed by atoms with Crippen LogP contribution in [0.2, 0.25) is 0 Å². The molecule has 0 fully saturated rings. The molecule has 1 heterocycles. The summed E-state index contributed by atoms with van der Waals surface area (Å²) in [5.74, 6) is -0.319. The van der Waals surface area contributed by atoms with Crippen molar-refractivity contribution in [3.05, 3.63) is 59.2 Å². The quantitative estimate of drug-likeness (QED) is 0.887. The van der Waals surface area contributed by atoms with Crippen LogP contribution in [0.15, 0.2) is 47.6 Å². The normalized spacial score (nSPS) is 18.7. The van der Waals surface area contributed by atoms with Gasteiger partial charge in [0.1, 0.15) is 0 Å². The van der Waals surface area contributed by atoms with E-state index in [0.717, 1.165) is 34.4 Å². The second-order valence-corrected chi connectivity index (χ2v) is 5.92. The molecule has 23 heavy (non-hydrogen) atoms. The Bertz CT molecular complexity index is 870. The van der Waals surface area contributed by atoms with E-state index in [2.05, 4.69) is 16.6 Å². The highest BCUT2D eigenvalue weighted by Crippen LogP contribution is 2.34. The molecule has 1 aliphatic carbocycles. The van der Waals surface area contributed by atoms with Crippen molar-refractivity contribution in [2.45, 2.75) is 12.8 Å². The van der Waals surface area contributed by atoms with E-state index in [1.165, 1.54) is 0 Å². The predicted molar refractivity (Wildman–Crippen MR) is 86.9 cm³/mol. The fraction of sp³-hybridized carbons (Fsp3) is 0.167. The molecule has 1 unspecified atom stereocenters. The van der Waals surface area contributed by atoms with Gasteiger partial charge >= 0.3 is 0 Å². The van der Waals surface area contributed by atoms with Crippen molar-refractivity contribution in [1.82, 2.24) is 5.43 Å². The zero-order chi connectivity index (χ0) is 16.0. The Hall–Kier alpha value is -2.95. The summed E-state index contributed by atoms with van der Waals surface area (Å²) in [6.07, 6.45) is 1.27. The van der Waals surface area contributed by atoms with Gasteiger partial charge in [0.25, 0.3) is 0 Å². The zero-order valence-corrected chi connectivity index (χ0v) is 12.4. The number of carbonyl (C=O) groups is 2. The number of rotatable bonds is 2. The first-order chi connectivity index (χ1) is 11.1. The summed E-state index contributed by atoms with van der Waals surface area (Å²) in [5, 5.41) is 4.21. The molecule has 1 atom stereocenters. The van der Waals surface area contributed by atoms with Crippen LogP contribution in [-0.2, 0) is 11.2 Å². The number of nitrogens with one attached hydrogen (secondary N) is 1. The van der Waals surface area contributed by atoms with Gasteiger partial charge in [0.05, 0.1) is 5.71 Å². The molecule has 0 saturated carbocycles. The lowest BCUT2D eigenvalue weighted by molar-refractivity contribution is -0.121. The molecule has 2 amide bonds. The van der Waals surface area contributed by atoms with E-state index < -0.39 is 5.91 Å². The van der Waals surface area contributed by atoms with E-state index in [-0.39, 0.29) is 11.8 Å². The van der Waals surface area contributed by atoms with Crippen LogP contribution in [0, 0.1) is 5.92 Å². The summed E-state index contributed by atoms with van der Waals surface area (Å²) >= 11 is 0. The fourth-order valence-electron chi connectivity index (χ4n) is 3.42. The van der Waals surface area contributed by atoms with E-state index in [1.807, 2.05) is 24.3 Å². The second-order valence-electron chi connectivity index (χ2n) is 5.92. The largest absolute Gasteiger partial charge is 0.366 e. The Morgan fingerprint density at radius 2 is 1.96 bits per heavy atom. The average molecular weight is 305 g/mol. The molecule has 2 aromatic rings. The van der Waals surface area contributed by atoms with Gasteiger partial charge in [-0.15, -0.1) is 0 Å². The van der Waals surface area contributed by atoms with Crippen molar-refractivity contribution in [3.63, 3.8) is 0 Å². The molecule has 5 nitrogen and oxygen atoms in total. The van der Waals surface area contributed by atoms with Gasteiger partial charge in [-0.2, -0.15) is 5.10 Å². The minimum atomic E-state index is -0.436. The third-order valence-corrected chi connectivity index (χ3v) is 4.47. The number of hydrogen-bond acceptors (Lipinski definition) is 3. The highest BCUT2D eigenvalue weighted by Gasteiger charge is 2.33. The number of carbonyl (C=O) groups excluding carboxylic acids is 2. The molecule has 2 aromatic carbocycles. The van der Waals surface area contributed by atoms with Gasteiger partial charge in [-0.25, -0.2) is 5.43 Å². The van der Waals surface area contributed by atoms with E-state index >= 15 is 0 Å². The van der Waals surface area contributed by atoms with E-state index in [0.29, 0.717) is 12.0 Å². The number of hydrogen-bond donors (Lipinski definition) is 2. The summed E-state index contributed by atoms with van der Waals surface area (Å²) in [6, 6.07) is 13.4. The number of primary amides is 1. The van der Waals surface area contributed by atoms with Crippen LogP contribution in [0.4, 0.5) is 0 Å². The van der Waals surface area contributed by atoms with E-state index in [1.54, 1.807) is 12.1 Å². The van der Waals surface area contributed by atoms with Gasteiger partial charge in [0, 0.05) is 23.5 Å². The lowest BCUT2D eigenvalue weighted by atomic mass is 9.96. The number of nitrogens with zero attached hydrogens (tertiary/aromatic N) is 1. The summed E-state index contributed by atoms with van der Waals surface area (Å²) in [6.45, 7) is 0. The lowest BCUT2D eigenvalue weighted by Gasteiger charge is -2.15. The second kappa shape index (κ2) is 5.05. The molecule has 0 radical (unpaired) electrons. The number of benzene rings is 2. The molecule has 3 N–H and O–H groups in total. The third-order valence-electron chi connectivity index (χ3n) is 4.47. The first-order valence-corrected chi connectivity index (χ1v) is 7.52. The Morgan fingerprint density at radius 3 is 2.78 bits per heavy atom. The molecular weight excluding hydrogens is 290 g/mol. The maximum Gasteiger partial charge on any atom is 0.249 e. The van der Waals surface area contributed by atoms with Gasteiger partial charge in [0.2, 0.25) is 11.8 Å². The first-order valence-electron chi connectivity index (χ1n) is 7.52. The lowest BCUT2D eigenvalue weighted by Crippen LogP contribution is -2.31. The Balaban J connectivity index is 1.78. The van der Waals surface area contributed by atoms with Crippen molar-refractivity contribution in [3.8, 4) is 11.1 Å². The van der Waals surface area contributed by atoms with Crippen LogP contribution < -0.4 is 11.2 Å². The molecular formula is C18H15N3O2. The highest BCUT2D eigenvalue weighted by atomic mass is 16.2. The Kier molecular flexibility index (Phi) is 3.01. The smallest absolute Gasteiger partial charge is 0.249 e. The van der Waals surface area contributed by atoms with Crippen LogP contribution in [0.1, 0.15) is 27.9 Å². The highest BCUT2D eigenvalue weighted by molar-refractivity contribution is 6.10. The van der Waals surface area contributed by atoms with Crippen LogP contribution in [0.5, 0.6) is 0 Å². The Morgan fingerprint density at radius 1 is 1.13 bits per heavy atom. The van der Waals surface area contributed by atoms with Crippen molar-refractivity contribution in [1.29, 1.82) is 0 Å². The van der Waals surface area contributed by atoms with Gasteiger partial charge in [0.15, 0.2) is 0 Å². The minimum Gasteiger partial charge on any atom is -0.366 e. The molecule has 0 saturated heterocycles. The topological polar surface area (TPSA) is 84.5 Å². The zero-order valence-electron chi connectivity index (χ0n) is 12.4. The number of amides is 2. The molecule has 5 heteroatoms. The summed E-state index contributed by atoms with van der Waals surface area (Å²) in [5.41, 5.74) is 13.5. The summed E-state index contributed by atoms with van der Waals surface area (Å²) in [7, 11) is 0. The summed E-state index contributed by atoms with van der Waals surface area (Å²) in [4.78, 5) is 23.1. The molecule has 4 rings (SSSR count). The van der Waals surface area contributed by atoms with Crippen molar-refractivity contribution in [2.24, 2.45) is 16.8 Å². The van der Waals surface area contributed by atoms with Crippen LogP contribution >= 0.6 is 0 Å². The SMILES string of the molecule is NC(=O)c1ccccc1-c1ccc2c(c1)CC1CC(=O)NN=C21. The van der Waals surface area contributed by atoms with Crippen LogP contribution in [-0.4, -0.2) is 17.5 Å². The summed E-state index contributed by atoms with van der Waals surface area (Å²) < 4.78 is 0. The van der Waals surface area contributed by atoms with Crippen LogP contribution in [0.3, 0.4) is 0 Å². The molecule has 2 aliphatic rings. The molecule has 0 spiro atoms. The minimum absolute atomic E-state index is 0.0362. The molecule has 1 aliphatic heterocycles. The van der Waals surface area contributed by atoms with Gasteiger partial charge in [-0.05, 0) is 29.2 Å². The maximum atomic E-state index is 11.6. The first kappa shape index (κ1) is 13.7. The van der Waals surface area contributed by atoms with Gasteiger partial charge in [-0.3, -0.25) is 9.59 Å². The van der Waals surface area contributed by atoms with Crippen molar-refractivity contribution < 1.29 is 9.59 Å². The monoisotopic (exact) mass is 305 g/mol. The van der Waals surface area contributed by atoms with Crippen molar-refractivity contribution >= 4 is 17.5 Å². The molecule has 0 aromatic heterocycles.